The molecule has 2 aromatic rings. The molecule has 0 bridgehead atoms. The molecule has 1 atom stereocenters. The molecular formula is C25H47N3O2. The summed E-state index contributed by atoms with van der Waals surface area (Å²) in [5.74, 6) is 0.116. The molecule has 5 heteroatoms. The maximum atomic E-state index is 12.1. The molecule has 0 aliphatic carbocycles. The molecule has 0 spiro atoms. The van der Waals surface area contributed by atoms with E-state index in [2.05, 4.69) is 28.3 Å². The summed E-state index contributed by atoms with van der Waals surface area (Å²) in [5, 5.41) is 4.26. The van der Waals surface area contributed by atoms with Gasteiger partial charge in [0.1, 0.15) is 6.29 Å². The largest absolute Gasteiger partial charge is 0.361 e. The number of carbonyl (C=O) groups is 2. The van der Waals surface area contributed by atoms with Gasteiger partial charge in [-0.1, -0.05) is 73.6 Å². The number of hydrogen-bond donors (Lipinski definition) is 2. The molecule has 1 amide bonds. The van der Waals surface area contributed by atoms with E-state index in [-0.39, 0.29) is 5.91 Å². The average molecular weight is 422 g/mol. The van der Waals surface area contributed by atoms with Crippen molar-refractivity contribution in [3.63, 3.8) is 0 Å². The van der Waals surface area contributed by atoms with E-state index in [0.29, 0.717) is 12.5 Å². The molecule has 1 aliphatic heterocycles. The predicted octanol–water partition coefficient (Wildman–Crippen LogP) is 5.84. The molecule has 5 nitrogen and oxygen atoms in total. The Morgan fingerprint density at radius 1 is 1.10 bits per heavy atom. The third-order valence-electron chi connectivity index (χ3n) is 3.78. The predicted molar refractivity (Wildman–Crippen MR) is 133 cm³/mol. The Bertz CT molecular complexity index is 638. The summed E-state index contributed by atoms with van der Waals surface area (Å²) < 4.78 is 0. The Balaban J connectivity index is -0.000000574. The zero-order valence-electron chi connectivity index (χ0n) is 21.1. The minimum Gasteiger partial charge on any atom is -0.361 e. The van der Waals surface area contributed by atoms with Crippen LogP contribution in [0.25, 0.3) is 10.9 Å². The van der Waals surface area contributed by atoms with Crippen molar-refractivity contribution in [3.05, 3.63) is 36.0 Å². The van der Waals surface area contributed by atoms with E-state index in [9.17, 15) is 4.79 Å². The molecule has 1 aromatic carbocycles. The van der Waals surface area contributed by atoms with Crippen molar-refractivity contribution in [1.82, 2.24) is 15.2 Å². The van der Waals surface area contributed by atoms with Gasteiger partial charge < -0.3 is 20.0 Å². The van der Waals surface area contributed by atoms with Crippen LogP contribution in [0.15, 0.2) is 30.5 Å². The molecule has 1 fully saturated rings. The highest BCUT2D eigenvalue weighted by molar-refractivity contribution is 5.88. The molecule has 3 rings (SSSR count). The number of benzene rings is 1. The molecule has 174 valence electrons. The summed E-state index contributed by atoms with van der Waals surface area (Å²) in [6, 6.07) is 8.39. The van der Waals surface area contributed by atoms with Gasteiger partial charge in [0, 0.05) is 29.7 Å². The molecule has 0 saturated carbocycles. The average Bonchev–Trinajstić information content (AvgIpc) is 3.40. The van der Waals surface area contributed by atoms with Gasteiger partial charge in [-0.2, -0.15) is 0 Å². The number of aromatic amines is 1. The number of likely N-dealkylation sites (tertiary alicyclic amines) is 1. The Morgan fingerprint density at radius 3 is 2.13 bits per heavy atom. The second-order valence-electron chi connectivity index (χ2n) is 5.59. The Labute approximate surface area is 185 Å². The van der Waals surface area contributed by atoms with Crippen LogP contribution in [0, 0.1) is 0 Å². The second-order valence-corrected chi connectivity index (χ2v) is 5.59. The summed E-state index contributed by atoms with van der Waals surface area (Å²) in [6.07, 6.45) is 4.19. The van der Waals surface area contributed by atoms with Gasteiger partial charge in [0.2, 0.25) is 5.91 Å². The van der Waals surface area contributed by atoms with Crippen LogP contribution in [0.5, 0.6) is 0 Å². The highest BCUT2D eigenvalue weighted by atomic mass is 16.1. The van der Waals surface area contributed by atoms with Gasteiger partial charge in [-0.25, -0.2) is 0 Å². The number of amides is 1. The molecule has 1 aliphatic rings. The number of aromatic nitrogens is 1. The molecule has 0 unspecified atom stereocenters. The highest BCUT2D eigenvalue weighted by Gasteiger charge is 2.21. The first-order valence-corrected chi connectivity index (χ1v) is 11.6. The van der Waals surface area contributed by atoms with Crippen molar-refractivity contribution in [1.29, 1.82) is 0 Å². The van der Waals surface area contributed by atoms with E-state index < -0.39 is 0 Å². The molecule has 1 aromatic heterocycles. The van der Waals surface area contributed by atoms with Crippen LogP contribution in [0.4, 0.5) is 0 Å². The van der Waals surface area contributed by atoms with Gasteiger partial charge in [-0.05, 0) is 38.6 Å². The lowest BCUT2D eigenvalue weighted by Crippen LogP contribution is -2.37. The lowest BCUT2D eigenvalue weighted by atomic mass is 10.1. The highest BCUT2D eigenvalue weighted by Crippen LogP contribution is 2.18. The number of H-pyrrole nitrogens is 1. The maximum absolute atomic E-state index is 12.1. The first-order chi connectivity index (χ1) is 14.6. The normalized spacial score (nSPS) is 13.9. The number of nitrogens with one attached hydrogen (secondary N) is 2. The van der Waals surface area contributed by atoms with Crippen LogP contribution >= 0.6 is 0 Å². The summed E-state index contributed by atoms with van der Waals surface area (Å²) in [4.78, 5) is 26.3. The van der Waals surface area contributed by atoms with Crippen molar-refractivity contribution in [2.75, 3.05) is 20.1 Å². The number of rotatable bonds is 3. The van der Waals surface area contributed by atoms with E-state index >= 15 is 0 Å². The molecular weight excluding hydrogens is 374 g/mol. The summed E-state index contributed by atoms with van der Waals surface area (Å²) in [6.45, 7) is 19.5. The van der Waals surface area contributed by atoms with Gasteiger partial charge in [-0.15, -0.1) is 0 Å². The van der Waals surface area contributed by atoms with Gasteiger partial charge in [0.05, 0.1) is 6.42 Å². The van der Waals surface area contributed by atoms with Crippen molar-refractivity contribution < 1.29 is 9.59 Å². The Morgan fingerprint density at radius 2 is 1.63 bits per heavy atom. The lowest BCUT2D eigenvalue weighted by Gasteiger charge is -2.12. The fourth-order valence-corrected chi connectivity index (χ4v) is 2.78. The zero-order valence-corrected chi connectivity index (χ0v) is 21.1. The summed E-state index contributed by atoms with van der Waals surface area (Å²) in [7, 11) is 2.09. The van der Waals surface area contributed by atoms with Crippen LogP contribution in [0.1, 0.15) is 74.3 Å². The first kappa shape index (κ1) is 32.5. The van der Waals surface area contributed by atoms with E-state index in [1.54, 1.807) is 0 Å². The number of carbonyl (C=O) groups excluding carboxylic acids is 2. The smallest absolute Gasteiger partial charge is 0.224 e. The van der Waals surface area contributed by atoms with Crippen LogP contribution in [-0.2, 0) is 16.0 Å². The fourth-order valence-electron chi connectivity index (χ4n) is 2.78. The Kier molecular flexibility index (Phi) is 25.1. The molecule has 30 heavy (non-hydrogen) atoms. The first-order valence-electron chi connectivity index (χ1n) is 11.6. The van der Waals surface area contributed by atoms with Crippen molar-refractivity contribution in [2.45, 2.75) is 81.2 Å². The summed E-state index contributed by atoms with van der Waals surface area (Å²) >= 11 is 0. The van der Waals surface area contributed by atoms with E-state index in [1.807, 2.05) is 79.8 Å². The van der Waals surface area contributed by atoms with Crippen LogP contribution < -0.4 is 5.32 Å². The fraction of sp³-hybridized carbons (Fsp3) is 0.600. The number of fused-ring (bicyclic) bond motifs is 1. The topological polar surface area (TPSA) is 65.2 Å². The third-order valence-corrected chi connectivity index (χ3v) is 3.78. The van der Waals surface area contributed by atoms with Gasteiger partial charge in [-0.3, -0.25) is 4.79 Å². The quantitative estimate of drug-likeness (QED) is 0.612. The van der Waals surface area contributed by atoms with Gasteiger partial charge in [0.15, 0.2) is 0 Å². The van der Waals surface area contributed by atoms with Crippen LogP contribution in [0.2, 0.25) is 0 Å². The van der Waals surface area contributed by atoms with Crippen molar-refractivity contribution in [3.8, 4) is 0 Å². The standard InChI is InChI=1S/C15H19N3O.C2H4O.4C2H6/c1-18-7-6-12(10-18)17-15(19)8-11-9-16-14-5-3-2-4-13(11)14;1-2-3;4*1-2/h2-5,9,12,16H,6-8,10H2,1H3,(H,17,19);2H,1H3;4*1-2H3/t12-;;;;;/m1...../s1. The van der Waals surface area contributed by atoms with E-state index in [0.717, 1.165) is 42.3 Å². The second kappa shape index (κ2) is 23.1. The zero-order chi connectivity index (χ0) is 23.9. The Hall–Kier alpha value is -2.14. The minimum absolute atomic E-state index is 0.116. The number of nitrogens with zero attached hydrogens (tertiary/aromatic N) is 1. The molecule has 2 heterocycles. The number of likely N-dealkylation sites (N-methyl/N-ethyl adjacent to an activating group) is 1. The maximum Gasteiger partial charge on any atom is 0.224 e. The van der Waals surface area contributed by atoms with Gasteiger partial charge >= 0.3 is 0 Å². The molecule has 2 N–H and O–H groups in total. The van der Waals surface area contributed by atoms with Gasteiger partial charge in [0.25, 0.3) is 0 Å². The van der Waals surface area contributed by atoms with E-state index in [4.69, 9.17) is 4.79 Å². The molecule has 1 saturated heterocycles. The van der Waals surface area contributed by atoms with Crippen LogP contribution in [0.3, 0.4) is 0 Å². The van der Waals surface area contributed by atoms with E-state index in [1.165, 1.54) is 6.92 Å². The number of hydrogen-bond acceptors (Lipinski definition) is 3. The monoisotopic (exact) mass is 421 g/mol. The van der Waals surface area contributed by atoms with Crippen molar-refractivity contribution in [2.24, 2.45) is 0 Å². The number of para-hydroxylation sites is 1. The SMILES string of the molecule is CC.CC.CC.CC.CC=O.CN1CC[C@@H](NC(=O)Cc2c[nH]c3ccccc23)C1. The summed E-state index contributed by atoms with van der Waals surface area (Å²) in [5.41, 5.74) is 2.16. The lowest BCUT2D eigenvalue weighted by molar-refractivity contribution is -0.121. The minimum atomic E-state index is 0.116. The van der Waals surface area contributed by atoms with Crippen molar-refractivity contribution >= 4 is 23.1 Å². The molecule has 0 radical (unpaired) electrons. The van der Waals surface area contributed by atoms with Crippen LogP contribution in [-0.4, -0.2) is 48.3 Å². The number of aldehydes is 1. The third kappa shape index (κ3) is 13.2.